The van der Waals surface area contributed by atoms with E-state index in [0.29, 0.717) is 19.8 Å². The molecule has 0 N–H and O–H groups in total. The van der Waals surface area contributed by atoms with Crippen LogP contribution in [-0.2, 0) is 9.53 Å². The first kappa shape index (κ1) is 13.9. The van der Waals surface area contributed by atoms with Crippen LogP contribution in [0.5, 0.6) is 0 Å². The van der Waals surface area contributed by atoms with Crippen LogP contribution < -0.4 is 4.90 Å². The van der Waals surface area contributed by atoms with E-state index in [0.717, 1.165) is 37.6 Å². The molecule has 118 valence electrons. The van der Waals surface area contributed by atoms with Gasteiger partial charge in [-0.15, -0.1) is 0 Å². The maximum atomic E-state index is 12.5. The van der Waals surface area contributed by atoms with Gasteiger partial charge < -0.3 is 14.5 Å². The van der Waals surface area contributed by atoms with Gasteiger partial charge in [0, 0.05) is 31.7 Å². The zero-order valence-electron chi connectivity index (χ0n) is 12.8. The number of nitrogens with zero attached hydrogens (tertiary/aromatic N) is 4. The van der Waals surface area contributed by atoms with Crippen LogP contribution in [0.15, 0.2) is 12.3 Å². The van der Waals surface area contributed by atoms with Gasteiger partial charge in [-0.2, -0.15) is 0 Å². The molecule has 1 atom stereocenters. The molecule has 3 aliphatic rings. The SMILES string of the molecule is O=C(C1CC1)N1CCOCC1c1nccc(N2CCCC2)n1. The lowest BCUT2D eigenvalue weighted by molar-refractivity contribution is -0.141. The minimum absolute atomic E-state index is 0.135. The van der Waals surface area contributed by atoms with Crippen molar-refractivity contribution in [2.75, 3.05) is 37.7 Å². The Morgan fingerprint density at radius 1 is 1.23 bits per heavy atom. The van der Waals surface area contributed by atoms with Crippen molar-refractivity contribution in [2.24, 2.45) is 5.92 Å². The van der Waals surface area contributed by atoms with Crippen molar-refractivity contribution in [1.82, 2.24) is 14.9 Å². The number of carbonyl (C=O) groups is 1. The van der Waals surface area contributed by atoms with Crippen LogP contribution in [-0.4, -0.2) is 53.6 Å². The quantitative estimate of drug-likeness (QED) is 0.844. The summed E-state index contributed by atoms with van der Waals surface area (Å²) >= 11 is 0. The molecule has 1 unspecified atom stereocenters. The molecule has 0 radical (unpaired) electrons. The molecular formula is C16H22N4O2. The molecule has 1 aromatic rings. The second-order valence-corrected chi connectivity index (χ2v) is 6.36. The Bertz CT molecular complexity index is 555. The molecule has 2 aliphatic heterocycles. The molecule has 3 heterocycles. The third-order valence-electron chi connectivity index (χ3n) is 4.73. The van der Waals surface area contributed by atoms with Gasteiger partial charge in [0.2, 0.25) is 5.91 Å². The van der Waals surface area contributed by atoms with Crippen molar-refractivity contribution >= 4 is 11.7 Å². The summed E-state index contributed by atoms with van der Waals surface area (Å²) in [6, 6.07) is 1.83. The van der Waals surface area contributed by atoms with E-state index in [1.807, 2.05) is 17.2 Å². The van der Waals surface area contributed by atoms with Crippen molar-refractivity contribution in [3.63, 3.8) is 0 Å². The van der Waals surface area contributed by atoms with Crippen LogP contribution in [0.1, 0.15) is 37.5 Å². The smallest absolute Gasteiger partial charge is 0.226 e. The second kappa shape index (κ2) is 5.83. The molecule has 0 spiro atoms. The Kier molecular flexibility index (Phi) is 3.70. The average Bonchev–Trinajstić information content (AvgIpc) is 3.28. The van der Waals surface area contributed by atoms with Crippen molar-refractivity contribution in [3.8, 4) is 0 Å². The van der Waals surface area contributed by atoms with Crippen molar-refractivity contribution in [3.05, 3.63) is 18.1 Å². The summed E-state index contributed by atoms with van der Waals surface area (Å²) in [5.74, 6) is 2.18. The van der Waals surface area contributed by atoms with Crippen LogP contribution in [0.3, 0.4) is 0 Å². The zero-order valence-corrected chi connectivity index (χ0v) is 12.8. The standard InChI is InChI=1S/C16H22N4O2/c21-16(12-3-4-12)20-9-10-22-11-13(20)15-17-6-5-14(18-15)19-7-1-2-8-19/h5-6,12-13H,1-4,7-11H2. The molecule has 2 saturated heterocycles. The van der Waals surface area contributed by atoms with E-state index in [2.05, 4.69) is 9.88 Å². The van der Waals surface area contributed by atoms with Gasteiger partial charge >= 0.3 is 0 Å². The van der Waals surface area contributed by atoms with Gasteiger partial charge in [-0.1, -0.05) is 0 Å². The Morgan fingerprint density at radius 2 is 2.05 bits per heavy atom. The molecule has 4 rings (SSSR count). The van der Waals surface area contributed by atoms with Crippen LogP contribution in [0, 0.1) is 5.92 Å². The van der Waals surface area contributed by atoms with Crippen molar-refractivity contribution < 1.29 is 9.53 Å². The summed E-state index contributed by atoms with van der Waals surface area (Å²) in [4.78, 5) is 25.9. The lowest BCUT2D eigenvalue weighted by Gasteiger charge is -2.35. The van der Waals surface area contributed by atoms with E-state index in [1.54, 1.807) is 0 Å². The molecule has 22 heavy (non-hydrogen) atoms. The third-order valence-corrected chi connectivity index (χ3v) is 4.73. The molecule has 1 aliphatic carbocycles. The monoisotopic (exact) mass is 302 g/mol. The molecule has 0 bridgehead atoms. The highest BCUT2D eigenvalue weighted by Gasteiger charge is 2.39. The van der Waals surface area contributed by atoms with E-state index < -0.39 is 0 Å². The molecule has 1 amide bonds. The first-order valence-electron chi connectivity index (χ1n) is 8.29. The van der Waals surface area contributed by atoms with Gasteiger partial charge in [0.05, 0.1) is 13.2 Å². The largest absolute Gasteiger partial charge is 0.377 e. The Morgan fingerprint density at radius 3 is 2.82 bits per heavy atom. The van der Waals surface area contributed by atoms with Gasteiger partial charge in [0.15, 0.2) is 5.82 Å². The summed E-state index contributed by atoms with van der Waals surface area (Å²) in [7, 11) is 0. The Balaban J connectivity index is 1.58. The number of hydrogen-bond donors (Lipinski definition) is 0. The van der Waals surface area contributed by atoms with Gasteiger partial charge in [0.1, 0.15) is 11.9 Å². The highest BCUT2D eigenvalue weighted by atomic mass is 16.5. The summed E-state index contributed by atoms with van der Waals surface area (Å²) in [6.07, 6.45) is 6.30. The summed E-state index contributed by atoms with van der Waals surface area (Å²) in [6.45, 7) is 3.88. The van der Waals surface area contributed by atoms with Crippen molar-refractivity contribution in [1.29, 1.82) is 0 Å². The molecule has 3 fully saturated rings. The highest BCUT2D eigenvalue weighted by molar-refractivity contribution is 5.81. The number of hydrogen-bond acceptors (Lipinski definition) is 5. The van der Waals surface area contributed by atoms with Gasteiger partial charge in [-0.3, -0.25) is 4.79 Å². The van der Waals surface area contributed by atoms with E-state index >= 15 is 0 Å². The molecule has 1 saturated carbocycles. The molecule has 6 heteroatoms. The average molecular weight is 302 g/mol. The van der Waals surface area contributed by atoms with Crippen LogP contribution in [0.25, 0.3) is 0 Å². The normalized spacial score (nSPS) is 25.5. The highest BCUT2D eigenvalue weighted by Crippen LogP contribution is 2.34. The van der Waals surface area contributed by atoms with Crippen LogP contribution >= 0.6 is 0 Å². The Labute approximate surface area is 130 Å². The van der Waals surface area contributed by atoms with Gasteiger partial charge in [-0.25, -0.2) is 9.97 Å². The predicted molar refractivity (Wildman–Crippen MR) is 81.5 cm³/mol. The summed E-state index contributed by atoms with van der Waals surface area (Å²) in [5.41, 5.74) is 0. The number of rotatable bonds is 3. The van der Waals surface area contributed by atoms with E-state index in [4.69, 9.17) is 9.72 Å². The Hall–Kier alpha value is -1.69. The number of amides is 1. The first-order chi connectivity index (χ1) is 10.8. The lowest BCUT2D eigenvalue weighted by Crippen LogP contribution is -2.44. The molecule has 6 nitrogen and oxygen atoms in total. The fourth-order valence-corrected chi connectivity index (χ4v) is 3.29. The van der Waals surface area contributed by atoms with Gasteiger partial charge in [-0.05, 0) is 31.7 Å². The number of aromatic nitrogens is 2. The lowest BCUT2D eigenvalue weighted by atomic mass is 10.2. The topological polar surface area (TPSA) is 58.6 Å². The van der Waals surface area contributed by atoms with Gasteiger partial charge in [0.25, 0.3) is 0 Å². The summed E-state index contributed by atoms with van der Waals surface area (Å²) in [5, 5.41) is 0. The molecule has 0 aromatic carbocycles. The number of anilines is 1. The van der Waals surface area contributed by atoms with Crippen LogP contribution in [0.2, 0.25) is 0 Å². The minimum atomic E-state index is -0.135. The fourth-order valence-electron chi connectivity index (χ4n) is 3.29. The van der Waals surface area contributed by atoms with Crippen LogP contribution in [0.4, 0.5) is 5.82 Å². The zero-order chi connectivity index (χ0) is 14.9. The number of carbonyl (C=O) groups excluding carboxylic acids is 1. The maximum absolute atomic E-state index is 12.5. The maximum Gasteiger partial charge on any atom is 0.226 e. The number of ether oxygens (including phenoxy) is 1. The van der Waals surface area contributed by atoms with Crippen molar-refractivity contribution in [2.45, 2.75) is 31.7 Å². The molecule has 1 aromatic heterocycles. The second-order valence-electron chi connectivity index (χ2n) is 6.36. The predicted octanol–water partition coefficient (Wildman–Crippen LogP) is 1.39. The minimum Gasteiger partial charge on any atom is -0.377 e. The summed E-state index contributed by atoms with van der Waals surface area (Å²) < 4.78 is 5.59. The third kappa shape index (κ3) is 2.67. The number of morpholine rings is 1. The fraction of sp³-hybridized carbons (Fsp3) is 0.688. The first-order valence-corrected chi connectivity index (χ1v) is 8.29. The molecular weight excluding hydrogens is 280 g/mol. The van der Waals surface area contributed by atoms with E-state index in [-0.39, 0.29) is 17.9 Å². The van der Waals surface area contributed by atoms with E-state index in [9.17, 15) is 4.79 Å². The van der Waals surface area contributed by atoms with E-state index in [1.165, 1.54) is 12.8 Å².